The van der Waals surface area contributed by atoms with Crippen molar-refractivity contribution in [2.24, 2.45) is 0 Å². The fraction of sp³-hybridized carbons (Fsp3) is 0.444. The number of ether oxygens (including phenoxy) is 1. The van der Waals surface area contributed by atoms with Gasteiger partial charge in [0.15, 0.2) is 0 Å². The summed E-state index contributed by atoms with van der Waals surface area (Å²) in [6.45, 7) is 4.59. The first-order valence-corrected chi connectivity index (χ1v) is 8.85. The summed E-state index contributed by atoms with van der Waals surface area (Å²) in [6, 6.07) is 8.11. The average Bonchev–Trinajstić information content (AvgIpc) is 2.98. The quantitative estimate of drug-likeness (QED) is 0.832. The van der Waals surface area contributed by atoms with Crippen LogP contribution in [0.2, 0.25) is 0 Å². The van der Waals surface area contributed by atoms with Gasteiger partial charge in [0.1, 0.15) is 5.75 Å². The highest BCUT2D eigenvalue weighted by Gasteiger charge is 2.13. The lowest BCUT2D eigenvalue weighted by molar-refractivity contribution is 0.203. The molecule has 0 saturated heterocycles. The molecule has 5 nitrogen and oxygen atoms in total. The minimum absolute atomic E-state index is 0.0525. The summed E-state index contributed by atoms with van der Waals surface area (Å²) in [6.07, 6.45) is 3.64. The summed E-state index contributed by atoms with van der Waals surface area (Å²) in [5.74, 6) is 0.861. The van der Waals surface area contributed by atoms with Gasteiger partial charge >= 0.3 is 6.03 Å². The molecule has 1 aromatic heterocycles. The molecule has 2 amide bonds. The molecular formula is C18H25N3O2S. The second kappa shape index (κ2) is 8.68. The Morgan fingerprint density at radius 2 is 2.08 bits per heavy atom. The number of amides is 2. The van der Waals surface area contributed by atoms with Gasteiger partial charge in [-0.2, -0.15) is 0 Å². The molecule has 0 saturated carbocycles. The lowest BCUT2D eigenvalue weighted by Crippen LogP contribution is -2.41. The summed E-state index contributed by atoms with van der Waals surface area (Å²) < 4.78 is 5.16. The molecule has 0 radical (unpaired) electrons. The topological polar surface area (TPSA) is 54.5 Å². The van der Waals surface area contributed by atoms with Crippen LogP contribution < -0.4 is 10.1 Å². The van der Waals surface area contributed by atoms with Gasteiger partial charge in [-0.25, -0.2) is 9.78 Å². The van der Waals surface area contributed by atoms with Crippen LogP contribution in [0.3, 0.4) is 0 Å². The second-order valence-corrected chi connectivity index (χ2v) is 7.26. The Hall–Kier alpha value is -2.08. The van der Waals surface area contributed by atoms with E-state index in [-0.39, 0.29) is 12.1 Å². The number of thiazole rings is 1. The molecule has 0 aliphatic rings. The summed E-state index contributed by atoms with van der Waals surface area (Å²) in [7, 11) is 3.47. The summed E-state index contributed by atoms with van der Waals surface area (Å²) in [5, 5.41) is 4.07. The molecule has 24 heavy (non-hydrogen) atoms. The highest BCUT2D eigenvalue weighted by molar-refractivity contribution is 7.11. The number of methoxy groups -OCH3 is 1. The van der Waals surface area contributed by atoms with Gasteiger partial charge in [0.2, 0.25) is 0 Å². The highest BCUT2D eigenvalue weighted by atomic mass is 32.1. The number of aryl methyl sites for hydroxylation is 2. The van der Waals surface area contributed by atoms with Crippen LogP contribution in [0.15, 0.2) is 30.5 Å². The van der Waals surface area contributed by atoms with Crippen molar-refractivity contribution >= 4 is 17.4 Å². The number of carbonyl (C=O) groups excluding carboxylic acids is 1. The van der Waals surface area contributed by atoms with Crippen LogP contribution in [-0.2, 0) is 13.0 Å². The van der Waals surface area contributed by atoms with E-state index in [1.54, 1.807) is 30.4 Å². The van der Waals surface area contributed by atoms with Gasteiger partial charge in [-0.1, -0.05) is 12.1 Å². The van der Waals surface area contributed by atoms with E-state index < -0.39 is 0 Å². The molecular weight excluding hydrogens is 322 g/mol. The Labute approximate surface area is 147 Å². The first-order chi connectivity index (χ1) is 11.5. The zero-order chi connectivity index (χ0) is 17.5. The number of carbonyl (C=O) groups is 1. The molecule has 0 bridgehead atoms. The second-order valence-electron chi connectivity index (χ2n) is 5.94. The SMILES string of the molecule is COc1ccc(CC[C@H](C)NC(=O)N(C)Cc2cnc(C)s2)cc1. The molecule has 0 fully saturated rings. The monoisotopic (exact) mass is 347 g/mol. The van der Waals surface area contributed by atoms with E-state index in [1.165, 1.54) is 5.56 Å². The predicted octanol–water partition coefficient (Wildman–Crippen LogP) is 3.62. The lowest BCUT2D eigenvalue weighted by Gasteiger charge is -2.21. The molecule has 0 aliphatic heterocycles. The third-order valence-corrected chi connectivity index (χ3v) is 4.70. The maximum absolute atomic E-state index is 12.2. The van der Waals surface area contributed by atoms with Crippen molar-refractivity contribution in [3.63, 3.8) is 0 Å². The maximum atomic E-state index is 12.2. The largest absolute Gasteiger partial charge is 0.497 e. The van der Waals surface area contributed by atoms with Crippen LogP contribution in [0, 0.1) is 6.92 Å². The minimum Gasteiger partial charge on any atom is -0.497 e. The van der Waals surface area contributed by atoms with Crippen LogP contribution in [0.25, 0.3) is 0 Å². The van der Waals surface area contributed by atoms with E-state index in [1.807, 2.05) is 32.2 Å². The van der Waals surface area contributed by atoms with Gasteiger partial charge in [-0.3, -0.25) is 0 Å². The molecule has 2 aromatic rings. The van der Waals surface area contributed by atoms with E-state index in [0.717, 1.165) is 28.5 Å². The zero-order valence-corrected chi connectivity index (χ0v) is 15.5. The smallest absolute Gasteiger partial charge is 0.317 e. The van der Waals surface area contributed by atoms with Crippen LogP contribution in [0.5, 0.6) is 5.75 Å². The number of benzene rings is 1. The van der Waals surface area contributed by atoms with E-state index in [4.69, 9.17) is 4.74 Å². The minimum atomic E-state index is -0.0525. The molecule has 130 valence electrons. The first-order valence-electron chi connectivity index (χ1n) is 8.04. The van der Waals surface area contributed by atoms with Crippen LogP contribution >= 0.6 is 11.3 Å². The van der Waals surface area contributed by atoms with Gasteiger partial charge in [0, 0.05) is 24.2 Å². The van der Waals surface area contributed by atoms with Crippen LogP contribution in [-0.4, -0.2) is 36.1 Å². The zero-order valence-electron chi connectivity index (χ0n) is 14.7. The van der Waals surface area contributed by atoms with Crippen molar-refractivity contribution in [2.45, 2.75) is 39.3 Å². The van der Waals surface area contributed by atoms with Crippen molar-refractivity contribution < 1.29 is 9.53 Å². The summed E-state index contributed by atoms with van der Waals surface area (Å²) in [5.41, 5.74) is 1.24. The Morgan fingerprint density at radius 1 is 1.38 bits per heavy atom. The first kappa shape index (κ1) is 18.3. The van der Waals surface area contributed by atoms with Gasteiger partial charge < -0.3 is 15.0 Å². The van der Waals surface area contributed by atoms with Crippen molar-refractivity contribution in [1.29, 1.82) is 0 Å². The van der Waals surface area contributed by atoms with Gasteiger partial charge in [-0.15, -0.1) is 11.3 Å². The number of hydrogen-bond acceptors (Lipinski definition) is 4. The number of hydrogen-bond donors (Lipinski definition) is 1. The van der Waals surface area contributed by atoms with E-state index >= 15 is 0 Å². The number of aromatic nitrogens is 1. The molecule has 0 aliphatic carbocycles. The molecule has 2 rings (SSSR count). The molecule has 1 aromatic carbocycles. The van der Waals surface area contributed by atoms with E-state index in [2.05, 4.69) is 22.4 Å². The maximum Gasteiger partial charge on any atom is 0.317 e. The van der Waals surface area contributed by atoms with Crippen molar-refractivity contribution in [3.8, 4) is 5.75 Å². The van der Waals surface area contributed by atoms with Gasteiger partial charge in [0.05, 0.1) is 18.7 Å². The molecule has 1 atom stereocenters. The standard InChI is InChI=1S/C18H25N3O2S/c1-13(5-6-15-7-9-16(23-4)10-8-15)20-18(22)21(3)12-17-11-19-14(2)24-17/h7-11,13H,5-6,12H2,1-4H3,(H,20,22)/t13-/m0/s1. The molecule has 6 heteroatoms. The number of nitrogens with one attached hydrogen (secondary N) is 1. The normalized spacial score (nSPS) is 11.8. The van der Waals surface area contributed by atoms with Crippen LogP contribution in [0.4, 0.5) is 4.79 Å². The molecule has 1 heterocycles. The van der Waals surface area contributed by atoms with Crippen LogP contribution in [0.1, 0.15) is 28.8 Å². The number of urea groups is 1. The predicted molar refractivity (Wildman–Crippen MR) is 97.6 cm³/mol. The average molecular weight is 347 g/mol. The molecule has 0 spiro atoms. The fourth-order valence-electron chi connectivity index (χ4n) is 2.35. The Bertz CT molecular complexity index is 655. The van der Waals surface area contributed by atoms with Gasteiger partial charge in [0.25, 0.3) is 0 Å². The Kier molecular flexibility index (Phi) is 6.61. The van der Waals surface area contributed by atoms with Crippen molar-refractivity contribution in [2.75, 3.05) is 14.2 Å². The molecule has 0 unspecified atom stereocenters. The van der Waals surface area contributed by atoms with E-state index in [0.29, 0.717) is 6.54 Å². The highest BCUT2D eigenvalue weighted by Crippen LogP contribution is 2.14. The summed E-state index contributed by atoms with van der Waals surface area (Å²) >= 11 is 1.62. The fourth-order valence-corrected chi connectivity index (χ4v) is 3.20. The van der Waals surface area contributed by atoms with Crippen molar-refractivity contribution in [1.82, 2.24) is 15.2 Å². The number of rotatable bonds is 7. The van der Waals surface area contributed by atoms with E-state index in [9.17, 15) is 4.79 Å². The Morgan fingerprint density at radius 3 is 2.67 bits per heavy atom. The number of nitrogens with zero attached hydrogens (tertiary/aromatic N) is 2. The van der Waals surface area contributed by atoms with Gasteiger partial charge in [-0.05, 0) is 44.4 Å². The third kappa shape index (κ3) is 5.53. The lowest BCUT2D eigenvalue weighted by atomic mass is 10.1. The third-order valence-electron chi connectivity index (χ3n) is 3.80. The molecule has 1 N–H and O–H groups in total. The Balaban J connectivity index is 1.75. The van der Waals surface area contributed by atoms with Crippen molar-refractivity contribution in [3.05, 3.63) is 45.9 Å². The summed E-state index contributed by atoms with van der Waals surface area (Å²) in [4.78, 5) is 19.2.